The number of hydrogen-bond donors (Lipinski definition) is 1. The van der Waals surface area contributed by atoms with E-state index in [2.05, 4.69) is 15.5 Å². The average Bonchev–Trinajstić information content (AvgIpc) is 3.09. The molecule has 10 heteroatoms. The fourth-order valence-corrected chi connectivity index (χ4v) is 3.10. The van der Waals surface area contributed by atoms with E-state index in [9.17, 15) is 14.9 Å². The molecule has 3 rings (SSSR count). The van der Waals surface area contributed by atoms with Gasteiger partial charge in [-0.15, -0.1) is 10.2 Å². The Balaban J connectivity index is 1.91. The first-order valence-electron chi connectivity index (χ1n) is 7.26. The first-order valence-corrected chi connectivity index (χ1v) is 8.46. The minimum atomic E-state index is -0.569. The van der Waals surface area contributed by atoms with Crippen LogP contribution in [0.5, 0.6) is 0 Å². The summed E-state index contributed by atoms with van der Waals surface area (Å²) in [6, 6.07) is 11.1. The molecule has 8 nitrogen and oxygen atoms in total. The van der Waals surface area contributed by atoms with Crippen molar-refractivity contribution < 1.29 is 14.1 Å². The van der Waals surface area contributed by atoms with Gasteiger partial charge >= 0.3 is 0 Å². The molecule has 0 radical (unpaired) electrons. The third kappa shape index (κ3) is 3.68. The van der Waals surface area contributed by atoms with Crippen molar-refractivity contribution in [3.05, 3.63) is 63.2 Å². The van der Waals surface area contributed by atoms with Crippen LogP contribution in [0.2, 0.25) is 5.02 Å². The topological polar surface area (TPSA) is 111 Å². The van der Waals surface area contributed by atoms with Gasteiger partial charge in [0, 0.05) is 18.7 Å². The van der Waals surface area contributed by atoms with E-state index < -0.39 is 10.8 Å². The highest BCUT2D eigenvalue weighted by Crippen LogP contribution is 2.36. The van der Waals surface area contributed by atoms with Crippen LogP contribution >= 0.6 is 23.4 Å². The van der Waals surface area contributed by atoms with E-state index in [1.807, 2.05) is 0 Å². The number of aromatic nitrogens is 2. The Kier molecular flexibility index (Phi) is 5.19. The van der Waals surface area contributed by atoms with Crippen LogP contribution in [0.4, 0.5) is 5.69 Å². The first-order chi connectivity index (χ1) is 12.5. The monoisotopic (exact) mass is 390 g/mol. The van der Waals surface area contributed by atoms with Gasteiger partial charge in [0.2, 0.25) is 5.89 Å². The smallest absolute Gasteiger partial charge is 0.284 e. The van der Waals surface area contributed by atoms with E-state index in [4.69, 9.17) is 16.0 Å². The van der Waals surface area contributed by atoms with E-state index in [1.165, 1.54) is 25.2 Å². The van der Waals surface area contributed by atoms with Crippen LogP contribution < -0.4 is 5.32 Å². The second-order valence-electron chi connectivity index (χ2n) is 4.97. The number of hydrogen-bond acceptors (Lipinski definition) is 7. The molecule has 1 N–H and O–H groups in total. The van der Waals surface area contributed by atoms with Gasteiger partial charge in [0.15, 0.2) is 0 Å². The zero-order valence-corrected chi connectivity index (χ0v) is 14.9. The summed E-state index contributed by atoms with van der Waals surface area (Å²) >= 11 is 7.03. The molecule has 0 bridgehead atoms. The summed E-state index contributed by atoms with van der Waals surface area (Å²) in [5.74, 6) is -0.203. The van der Waals surface area contributed by atoms with Crippen molar-refractivity contribution in [3.8, 4) is 11.5 Å². The normalized spacial score (nSPS) is 10.5. The molecule has 132 valence electrons. The number of rotatable bonds is 5. The molecule has 2 aromatic carbocycles. The predicted molar refractivity (Wildman–Crippen MR) is 95.4 cm³/mol. The number of nitro groups is 1. The van der Waals surface area contributed by atoms with Gasteiger partial charge in [0.1, 0.15) is 0 Å². The minimum Gasteiger partial charge on any atom is -0.411 e. The average molecular weight is 391 g/mol. The Hall–Kier alpha value is -2.91. The van der Waals surface area contributed by atoms with E-state index in [1.54, 1.807) is 24.3 Å². The Labute approximate surface area is 156 Å². The first kappa shape index (κ1) is 17.9. The maximum Gasteiger partial charge on any atom is 0.284 e. The van der Waals surface area contributed by atoms with Crippen LogP contribution in [0.1, 0.15) is 10.4 Å². The van der Waals surface area contributed by atoms with Gasteiger partial charge in [-0.25, -0.2) is 0 Å². The number of carbonyl (C=O) groups is 1. The van der Waals surface area contributed by atoms with Crippen molar-refractivity contribution in [2.24, 2.45) is 0 Å². The Morgan fingerprint density at radius 1 is 1.27 bits per heavy atom. The van der Waals surface area contributed by atoms with Gasteiger partial charge in [0.25, 0.3) is 16.8 Å². The van der Waals surface area contributed by atoms with Crippen molar-refractivity contribution in [3.63, 3.8) is 0 Å². The highest BCUT2D eigenvalue weighted by Gasteiger charge is 2.21. The fraction of sp³-hybridized carbons (Fsp3) is 0.0625. The molecule has 0 saturated carbocycles. The van der Waals surface area contributed by atoms with E-state index in [0.717, 1.165) is 11.8 Å². The molecule has 1 aromatic heterocycles. The standard InChI is InChI=1S/C16H11ClN4O4S/c1-18-14(22)9-6-7-13(12(8-9)21(23)24)26-16-20-19-15(25-16)10-4-2-3-5-11(10)17/h2-8H,1H3,(H,18,22). The summed E-state index contributed by atoms with van der Waals surface area (Å²) in [5.41, 5.74) is 0.525. The summed E-state index contributed by atoms with van der Waals surface area (Å²) in [6.45, 7) is 0. The van der Waals surface area contributed by atoms with Gasteiger partial charge in [-0.1, -0.05) is 23.7 Å². The molecular formula is C16H11ClN4O4S. The number of nitrogens with zero attached hydrogens (tertiary/aromatic N) is 3. The molecule has 0 spiro atoms. The molecule has 0 unspecified atom stereocenters. The summed E-state index contributed by atoms with van der Waals surface area (Å²) in [4.78, 5) is 22.7. The van der Waals surface area contributed by atoms with Crippen molar-refractivity contribution in [1.82, 2.24) is 15.5 Å². The molecule has 0 aliphatic rings. The Morgan fingerprint density at radius 2 is 2.04 bits per heavy atom. The summed E-state index contributed by atoms with van der Waals surface area (Å²) in [7, 11) is 1.45. The fourth-order valence-electron chi connectivity index (χ4n) is 2.12. The minimum absolute atomic E-state index is 0.121. The lowest BCUT2D eigenvalue weighted by atomic mass is 10.2. The van der Waals surface area contributed by atoms with Crippen LogP contribution in [0, 0.1) is 10.1 Å². The lowest BCUT2D eigenvalue weighted by Crippen LogP contribution is -2.17. The van der Waals surface area contributed by atoms with Crippen LogP contribution in [0.3, 0.4) is 0 Å². The maximum absolute atomic E-state index is 11.7. The molecule has 3 aromatic rings. The van der Waals surface area contributed by atoms with Gasteiger partial charge in [-0.2, -0.15) is 0 Å². The lowest BCUT2D eigenvalue weighted by Gasteiger charge is -2.03. The molecule has 0 saturated heterocycles. The number of carbonyl (C=O) groups excluding carboxylic acids is 1. The van der Waals surface area contributed by atoms with Gasteiger partial charge in [0.05, 0.1) is 20.4 Å². The van der Waals surface area contributed by atoms with Crippen LogP contribution in [0.15, 0.2) is 57.0 Å². The maximum atomic E-state index is 11.7. The Morgan fingerprint density at radius 3 is 2.73 bits per heavy atom. The molecule has 1 amide bonds. The lowest BCUT2D eigenvalue weighted by molar-refractivity contribution is -0.387. The second kappa shape index (κ2) is 7.54. The zero-order valence-electron chi connectivity index (χ0n) is 13.3. The van der Waals surface area contributed by atoms with Gasteiger partial charge in [-0.3, -0.25) is 14.9 Å². The van der Waals surface area contributed by atoms with Gasteiger partial charge < -0.3 is 9.73 Å². The van der Waals surface area contributed by atoms with Crippen LogP contribution in [-0.4, -0.2) is 28.1 Å². The second-order valence-corrected chi connectivity index (χ2v) is 6.37. The molecule has 26 heavy (non-hydrogen) atoms. The van der Waals surface area contributed by atoms with E-state index >= 15 is 0 Å². The third-order valence-corrected chi connectivity index (χ3v) is 4.59. The number of halogens is 1. The van der Waals surface area contributed by atoms with E-state index in [0.29, 0.717) is 10.6 Å². The highest BCUT2D eigenvalue weighted by molar-refractivity contribution is 7.99. The van der Waals surface area contributed by atoms with Crippen LogP contribution in [0.25, 0.3) is 11.5 Å². The quantitative estimate of drug-likeness (QED) is 0.520. The largest absolute Gasteiger partial charge is 0.411 e. The molecular weight excluding hydrogens is 380 g/mol. The van der Waals surface area contributed by atoms with Crippen LogP contribution in [-0.2, 0) is 0 Å². The van der Waals surface area contributed by atoms with Crippen molar-refractivity contribution in [2.75, 3.05) is 7.05 Å². The molecule has 0 atom stereocenters. The zero-order chi connectivity index (χ0) is 18.7. The summed E-state index contributed by atoms with van der Waals surface area (Å²) in [5, 5.41) is 22.1. The highest BCUT2D eigenvalue weighted by atomic mass is 35.5. The van der Waals surface area contributed by atoms with Gasteiger partial charge in [-0.05, 0) is 36.0 Å². The summed E-state index contributed by atoms with van der Waals surface area (Å²) < 4.78 is 5.54. The third-order valence-electron chi connectivity index (χ3n) is 3.35. The van der Waals surface area contributed by atoms with Crippen molar-refractivity contribution in [2.45, 2.75) is 10.1 Å². The SMILES string of the molecule is CNC(=O)c1ccc(Sc2nnc(-c3ccccc3Cl)o2)c([N+](=O)[O-])c1. The predicted octanol–water partition coefficient (Wildman–Crippen LogP) is 3.81. The Bertz CT molecular complexity index is 992. The van der Waals surface area contributed by atoms with E-state index in [-0.39, 0.29) is 27.3 Å². The number of amides is 1. The molecule has 0 fully saturated rings. The molecule has 0 aliphatic carbocycles. The number of benzene rings is 2. The number of nitro benzene ring substituents is 1. The molecule has 1 heterocycles. The number of nitrogens with one attached hydrogen (secondary N) is 1. The van der Waals surface area contributed by atoms with Crippen molar-refractivity contribution >= 4 is 35.0 Å². The molecule has 0 aliphatic heterocycles. The summed E-state index contributed by atoms with van der Waals surface area (Å²) in [6.07, 6.45) is 0. The van der Waals surface area contributed by atoms with Crippen molar-refractivity contribution in [1.29, 1.82) is 0 Å².